The van der Waals surface area contributed by atoms with Crippen LogP contribution < -0.4 is 30.0 Å². The van der Waals surface area contributed by atoms with E-state index in [1.165, 1.54) is 10.5 Å². The second-order valence-electron chi connectivity index (χ2n) is 9.14. The van der Waals surface area contributed by atoms with Crippen molar-refractivity contribution in [1.82, 2.24) is 15.8 Å². The number of carbonyl (C=O) groups excluding carboxylic acids is 3. The third kappa shape index (κ3) is 4.29. The number of hydrogen-bond donors (Lipinski definition) is 4. The van der Waals surface area contributed by atoms with Gasteiger partial charge in [0.25, 0.3) is 11.8 Å². The maximum atomic E-state index is 13.0. The molecule has 3 heterocycles. The number of ether oxygens (including phenoxy) is 2. The molecular weight excluding hydrogens is 438 g/mol. The third-order valence-electron chi connectivity index (χ3n) is 6.74. The number of nitrogens with zero attached hydrogens (tertiary/aromatic N) is 1. The van der Waals surface area contributed by atoms with E-state index in [-0.39, 0.29) is 19.2 Å². The maximum Gasteiger partial charge on any atom is 0.344 e. The Bertz CT molecular complexity index is 1100. The molecule has 0 bridgehead atoms. The average molecular weight is 468 g/mol. The Hall–Kier alpha value is -3.63. The van der Waals surface area contributed by atoms with Gasteiger partial charge in [0.15, 0.2) is 18.0 Å². The highest BCUT2D eigenvalue weighted by atomic mass is 16.7. The minimum Gasteiger partial charge on any atom is -0.454 e. The van der Waals surface area contributed by atoms with Crippen molar-refractivity contribution >= 4 is 17.8 Å². The van der Waals surface area contributed by atoms with E-state index in [1.807, 2.05) is 18.2 Å². The van der Waals surface area contributed by atoms with Crippen LogP contribution in [0.4, 0.5) is 4.79 Å². The van der Waals surface area contributed by atoms with Crippen LogP contribution in [0.3, 0.4) is 0 Å². The first kappa shape index (κ1) is 22.2. The Kier molecular flexibility index (Phi) is 5.84. The fourth-order valence-electron chi connectivity index (χ4n) is 4.75. The Morgan fingerprint density at radius 1 is 1.03 bits per heavy atom. The molecule has 1 atom stereocenters. The standard InChI is InChI=1S/C24H27N5O5/c1-24(18-5-3-2-4-6-18)22(31)29(23(32)25-24)26-21(30)15-28-11-9-27(10-12-28)14-17-7-8-19-20(13-17)34-16-33-19/h2-8,13H,9-12,14-16H2,1H3,(H,25,32)(H,26,30)/p+2/t24-/m1/s1. The summed E-state index contributed by atoms with van der Waals surface area (Å²) in [5, 5.41) is 3.50. The van der Waals surface area contributed by atoms with Crippen molar-refractivity contribution in [2.24, 2.45) is 0 Å². The summed E-state index contributed by atoms with van der Waals surface area (Å²) in [6.45, 7) is 6.50. The highest BCUT2D eigenvalue weighted by Gasteiger charge is 2.50. The largest absolute Gasteiger partial charge is 0.454 e. The van der Waals surface area contributed by atoms with Gasteiger partial charge < -0.3 is 24.6 Å². The van der Waals surface area contributed by atoms with Crippen LogP contribution in [0.5, 0.6) is 11.5 Å². The number of nitrogens with one attached hydrogen (secondary N) is 4. The first-order chi connectivity index (χ1) is 16.4. The van der Waals surface area contributed by atoms with E-state index in [1.54, 1.807) is 31.2 Å². The number of rotatable bonds is 6. The van der Waals surface area contributed by atoms with Crippen LogP contribution in [0.1, 0.15) is 18.1 Å². The summed E-state index contributed by atoms with van der Waals surface area (Å²) < 4.78 is 10.8. The number of fused-ring (bicyclic) bond motifs is 1. The number of urea groups is 1. The molecular formula is C24H29N5O5+2. The van der Waals surface area contributed by atoms with E-state index >= 15 is 0 Å². The van der Waals surface area contributed by atoms with Gasteiger partial charge in [0.2, 0.25) is 6.79 Å². The fourth-order valence-corrected chi connectivity index (χ4v) is 4.75. The molecule has 2 saturated heterocycles. The van der Waals surface area contributed by atoms with E-state index < -0.39 is 17.5 Å². The molecule has 34 heavy (non-hydrogen) atoms. The molecule has 0 aliphatic carbocycles. The van der Waals surface area contributed by atoms with Gasteiger partial charge in [-0.3, -0.25) is 15.0 Å². The van der Waals surface area contributed by atoms with Crippen molar-refractivity contribution in [2.45, 2.75) is 19.0 Å². The minimum atomic E-state index is -1.21. The van der Waals surface area contributed by atoms with Gasteiger partial charge in [-0.2, -0.15) is 5.01 Å². The molecule has 0 spiro atoms. The maximum absolute atomic E-state index is 13.0. The van der Waals surface area contributed by atoms with Crippen LogP contribution in [0, 0.1) is 0 Å². The fraction of sp³-hybridized carbons (Fsp3) is 0.375. The van der Waals surface area contributed by atoms with E-state index in [0.29, 0.717) is 5.56 Å². The summed E-state index contributed by atoms with van der Waals surface area (Å²) in [6, 6.07) is 14.4. The summed E-state index contributed by atoms with van der Waals surface area (Å²) in [5.41, 5.74) is 3.16. The number of hydrazine groups is 1. The molecule has 2 aromatic rings. The SMILES string of the molecule is C[C@]1(c2ccccc2)NC(=O)N(NC(=O)C[NH+]2CC[NH+](Cc3ccc4c(c3)OCO4)CC2)C1=O. The molecule has 3 aliphatic heterocycles. The van der Waals surface area contributed by atoms with Gasteiger partial charge in [0.1, 0.15) is 38.3 Å². The molecule has 0 radical (unpaired) electrons. The summed E-state index contributed by atoms with van der Waals surface area (Å²) in [5.74, 6) is 0.732. The van der Waals surface area contributed by atoms with Crippen molar-refractivity contribution in [3.63, 3.8) is 0 Å². The van der Waals surface area contributed by atoms with Crippen LogP contribution in [0.2, 0.25) is 0 Å². The number of carbonyl (C=O) groups is 3. The lowest BCUT2D eigenvalue weighted by Crippen LogP contribution is -3.28. The second kappa shape index (κ2) is 8.96. The highest BCUT2D eigenvalue weighted by molar-refractivity contribution is 6.08. The average Bonchev–Trinajstić information content (AvgIpc) is 3.39. The zero-order chi connectivity index (χ0) is 23.7. The molecule has 0 unspecified atom stereocenters. The predicted octanol–water partition coefficient (Wildman–Crippen LogP) is -1.80. The van der Waals surface area contributed by atoms with Crippen molar-refractivity contribution in [2.75, 3.05) is 39.5 Å². The molecule has 0 saturated carbocycles. The predicted molar refractivity (Wildman–Crippen MR) is 120 cm³/mol. The van der Waals surface area contributed by atoms with Crippen molar-refractivity contribution in [1.29, 1.82) is 0 Å². The van der Waals surface area contributed by atoms with E-state index in [2.05, 4.69) is 16.8 Å². The first-order valence-corrected chi connectivity index (χ1v) is 11.5. The van der Waals surface area contributed by atoms with Crippen LogP contribution in [-0.4, -0.2) is 62.4 Å². The van der Waals surface area contributed by atoms with Crippen LogP contribution in [0.15, 0.2) is 48.5 Å². The van der Waals surface area contributed by atoms with Crippen molar-refractivity contribution < 1.29 is 33.7 Å². The van der Waals surface area contributed by atoms with Gasteiger partial charge in [-0.05, 0) is 30.7 Å². The third-order valence-corrected chi connectivity index (χ3v) is 6.74. The normalized spacial score (nSPS) is 25.9. The number of hydrogen-bond acceptors (Lipinski definition) is 5. The molecule has 178 valence electrons. The molecule has 5 rings (SSSR count). The topological polar surface area (TPSA) is 106 Å². The lowest BCUT2D eigenvalue weighted by atomic mass is 9.92. The van der Waals surface area contributed by atoms with Crippen molar-refractivity contribution in [3.05, 3.63) is 59.7 Å². The van der Waals surface area contributed by atoms with Crippen LogP contribution in [0.25, 0.3) is 0 Å². The van der Waals surface area contributed by atoms with Gasteiger partial charge in [-0.25, -0.2) is 4.79 Å². The smallest absolute Gasteiger partial charge is 0.344 e. The van der Waals surface area contributed by atoms with Crippen LogP contribution in [-0.2, 0) is 21.7 Å². The quantitative estimate of drug-likeness (QED) is 0.375. The number of imide groups is 1. The summed E-state index contributed by atoms with van der Waals surface area (Å²) in [7, 11) is 0. The molecule has 2 fully saturated rings. The van der Waals surface area contributed by atoms with Gasteiger partial charge >= 0.3 is 6.03 Å². The van der Waals surface area contributed by atoms with Crippen LogP contribution >= 0.6 is 0 Å². The van der Waals surface area contributed by atoms with E-state index in [9.17, 15) is 14.4 Å². The van der Waals surface area contributed by atoms with Gasteiger partial charge in [-0.1, -0.05) is 30.3 Å². The zero-order valence-electron chi connectivity index (χ0n) is 19.1. The number of amides is 4. The lowest BCUT2D eigenvalue weighted by molar-refractivity contribution is -1.02. The van der Waals surface area contributed by atoms with Gasteiger partial charge in [-0.15, -0.1) is 0 Å². The molecule has 10 heteroatoms. The molecule has 4 N–H and O–H groups in total. The van der Waals surface area contributed by atoms with E-state index in [0.717, 1.165) is 54.1 Å². The number of piperazine rings is 1. The number of benzene rings is 2. The molecule has 4 amide bonds. The Morgan fingerprint density at radius 2 is 1.74 bits per heavy atom. The van der Waals surface area contributed by atoms with Gasteiger partial charge in [0.05, 0.1) is 0 Å². The van der Waals surface area contributed by atoms with Crippen molar-refractivity contribution in [3.8, 4) is 11.5 Å². The molecule has 3 aliphatic rings. The molecule has 2 aromatic carbocycles. The zero-order valence-corrected chi connectivity index (χ0v) is 19.1. The second-order valence-corrected chi connectivity index (χ2v) is 9.14. The molecule has 0 aromatic heterocycles. The van der Waals surface area contributed by atoms with Gasteiger partial charge in [0, 0.05) is 5.56 Å². The highest BCUT2D eigenvalue weighted by Crippen LogP contribution is 2.32. The Morgan fingerprint density at radius 3 is 2.50 bits per heavy atom. The first-order valence-electron chi connectivity index (χ1n) is 11.5. The Labute approximate surface area is 197 Å². The van der Waals surface area contributed by atoms with E-state index in [4.69, 9.17) is 9.47 Å². The minimum absolute atomic E-state index is 0.205. The molecule has 10 nitrogen and oxygen atoms in total. The summed E-state index contributed by atoms with van der Waals surface area (Å²) in [4.78, 5) is 40.6. The Balaban J connectivity index is 1.11. The lowest BCUT2D eigenvalue weighted by Gasteiger charge is -2.29. The number of quaternary nitrogens is 2. The summed E-state index contributed by atoms with van der Waals surface area (Å²) in [6.07, 6.45) is 0. The summed E-state index contributed by atoms with van der Waals surface area (Å²) >= 11 is 0. The monoisotopic (exact) mass is 467 g/mol.